The Labute approximate surface area is 827 Å². The number of allylic oxidation sites excluding steroid dienone is 3. The molecule has 0 unspecified atom stereocenters. The van der Waals surface area contributed by atoms with Crippen molar-refractivity contribution in [3.8, 4) is 45.0 Å². The lowest BCUT2D eigenvalue weighted by molar-refractivity contribution is 0.188. The highest BCUT2D eigenvalue weighted by Crippen LogP contribution is 2.32. The number of rotatable bonds is 15. The van der Waals surface area contributed by atoms with Crippen molar-refractivity contribution < 1.29 is 5.11 Å². The van der Waals surface area contributed by atoms with Crippen LogP contribution in [-0.2, 0) is 21.1 Å². The molecule has 19 aromatic rings. The molecule has 144 heavy (non-hydrogen) atoms. The first-order valence-corrected chi connectivity index (χ1v) is 48.8. The molecule has 736 valence electrons. The molecule has 5 saturated heterocycles. The van der Waals surface area contributed by atoms with Crippen LogP contribution >= 0.6 is 0 Å². The highest BCUT2D eigenvalue weighted by Gasteiger charge is 2.27. The van der Waals surface area contributed by atoms with E-state index in [9.17, 15) is 24.0 Å². The van der Waals surface area contributed by atoms with Crippen LogP contribution in [-0.4, -0.2) is 284 Å². The largest absolute Gasteiger partial charge is 0.395 e. The van der Waals surface area contributed by atoms with Crippen LogP contribution in [0.25, 0.3) is 123 Å². The van der Waals surface area contributed by atoms with Crippen molar-refractivity contribution in [1.29, 1.82) is 0 Å². The third kappa shape index (κ3) is 21.0. The van der Waals surface area contributed by atoms with Gasteiger partial charge in [0.25, 0.3) is 27.8 Å². The van der Waals surface area contributed by atoms with Gasteiger partial charge in [0.05, 0.1) is 118 Å². The summed E-state index contributed by atoms with van der Waals surface area (Å²) in [6.07, 6.45) is 35.2. The number of aliphatic hydroxyl groups excluding tert-OH is 1. The zero-order chi connectivity index (χ0) is 99.7. The van der Waals surface area contributed by atoms with Gasteiger partial charge in [-0.25, -0.2) is 49.8 Å². The molecule has 3 aromatic carbocycles. The number of hydrogen-bond acceptors (Lipinski definition) is 29. The van der Waals surface area contributed by atoms with E-state index in [2.05, 4.69) is 142 Å². The maximum Gasteiger partial charge on any atom is 0.258 e. The Morgan fingerprint density at radius 2 is 0.819 bits per heavy atom. The van der Waals surface area contributed by atoms with Gasteiger partial charge in [0.15, 0.2) is 28.2 Å². The second-order valence-electron chi connectivity index (χ2n) is 37.8. The average molecular weight is 1940 g/mol. The second-order valence-corrected chi connectivity index (χ2v) is 37.8. The number of H-pyrrole nitrogens is 1. The van der Waals surface area contributed by atoms with Gasteiger partial charge < -0.3 is 49.2 Å². The first kappa shape index (κ1) is 95.6. The highest BCUT2D eigenvalue weighted by atomic mass is 16.3. The number of nitrogens with one attached hydrogen (secondary N) is 2. The van der Waals surface area contributed by atoms with Crippen molar-refractivity contribution in [2.75, 3.05) is 153 Å². The van der Waals surface area contributed by atoms with Gasteiger partial charge in [-0.3, -0.25) is 74.9 Å². The number of β-amino-alcohol motifs (C(OH)–C–C–N with tert-alkyl or cyclic N) is 1. The van der Waals surface area contributed by atoms with Crippen molar-refractivity contribution in [2.24, 2.45) is 21.1 Å². The molecule has 5 aliphatic heterocycles. The summed E-state index contributed by atoms with van der Waals surface area (Å²) in [7, 11) is 9.92. The fourth-order valence-electron chi connectivity index (χ4n) is 19.3. The quantitative estimate of drug-likeness (QED) is 0.0804. The number of likely N-dealkylation sites (tertiary alicyclic amines) is 1. The number of nitrogens with zero attached hydrogens (tertiary/aromatic N) is 31. The number of aromatic amines is 1. The van der Waals surface area contributed by atoms with Gasteiger partial charge in [0.1, 0.15) is 28.9 Å². The molecule has 0 bridgehead atoms. The zero-order valence-corrected chi connectivity index (χ0v) is 82.5. The number of imidazole rings is 2. The number of aryl methyl sites for hydroxylation is 6. The number of aliphatic hydroxyl groups is 1. The smallest absolute Gasteiger partial charge is 0.258 e. The molecule has 0 spiro atoms. The molecule has 0 amide bonds. The normalized spacial score (nSPS) is 15.7. The lowest BCUT2D eigenvalue weighted by Crippen LogP contribution is -2.47. The molecule has 24 rings (SSSR count). The molecule has 5 aliphatic rings. The van der Waals surface area contributed by atoms with E-state index in [1.807, 2.05) is 163 Å². The topological polar surface area (TPSA) is 391 Å². The Morgan fingerprint density at radius 1 is 0.417 bits per heavy atom. The fraction of sp³-hybridized carbons (Fsp3) is 0.333. The van der Waals surface area contributed by atoms with Crippen molar-refractivity contribution in [3.63, 3.8) is 0 Å². The number of fused-ring (bicyclic) bond motifs is 9. The molecule has 0 radical (unpaired) electrons. The van der Waals surface area contributed by atoms with Crippen LogP contribution in [0, 0.1) is 20.8 Å². The number of benzene rings is 3. The highest BCUT2D eigenvalue weighted by molar-refractivity contribution is 5.86. The maximum absolute atomic E-state index is 12.8. The third-order valence-corrected chi connectivity index (χ3v) is 27.4. The minimum Gasteiger partial charge on any atom is -0.395 e. The number of likely N-dealkylation sites (N-methyl/N-ethyl adjacent to an activating group) is 2. The van der Waals surface area contributed by atoms with Gasteiger partial charge in [0, 0.05) is 242 Å². The van der Waals surface area contributed by atoms with Crippen LogP contribution in [0.1, 0.15) is 91.2 Å². The Balaban J connectivity index is 0.000000110. The summed E-state index contributed by atoms with van der Waals surface area (Å²) in [5, 5.41) is 28.7. The summed E-state index contributed by atoms with van der Waals surface area (Å²) in [5.41, 5.74) is 19.0. The van der Waals surface area contributed by atoms with Crippen molar-refractivity contribution in [3.05, 3.63) is 294 Å². The van der Waals surface area contributed by atoms with Gasteiger partial charge in [-0.05, 0) is 165 Å². The zero-order valence-electron chi connectivity index (χ0n) is 82.5. The Bertz CT molecular complexity index is 8410. The van der Waals surface area contributed by atoms with E-state index >= 15 is 0 Å². The van der Waals surface area contributed by atoms with Gasteiger partial charge in [-0.1, -0.05) is 31.7 Å². The SMILES string of the molecule is C=C(/C=C(/C)c1ncc(C)[nH]1)c1cc(=O)n2cc(C3CCN(C)CC3)ncc2n1.CCN1CCN(c2cn3c(=O)cc(-c4ccc5nn(C)cc5c4)nc3cn2)CC1.CN1CCN(c2cn3c(=O)cc(-c4ccc5nn(C)cc5c4)nc3cn2)CC1.Cc1cn2cc(-c3cc(=O)n4cc(C5CCNCC5)ncc4n3)cc(C)c2n1.Cn1cc2cc(-c3cc(=O)n4cc(N5CCN(CCO)CC5)ncc4n3)ccc2n1. The van der Waals surface area contributed by atoms with Crippen LogP contribution in [0.2, 0.25) is 0 Å². The van der Waals surface area contributed by atoms with Crippen LogP contribution in [0.5, 0.6) is 0 Å². The molecule has 39 heteroatoms. The van der Waals surface area contributed by atoms with Crippen LogP contribution in [0.3, 0.4) is 0 Å². The maximum atomic E-state index is 12.8. The predicted molar refractivity (Wildman–Crippen MR) is 559 cm³/mol. The van der Waals surface area contributed by atoms with Gasteiger partial charge in [0.2, 0.25) is 0 Å². The minimum atomic E-state index is -0.135. The molecule has 39 nitrogen and oxygen atoms in total. The van der Waals surface area contributed by atoms with Gasteiger partial charge in [-0.15, -0.1) is 0 Å². The number of piperazine rings is 3. The fourth-order valence-corrected chi connectivity index (χ4v) is 19.3. The lowest BCUT2D eigenvalue weighted by Gasteiger charge is -2.34. The molecule has 21 heterocycles. The third-order valence-electron chi connectivity index (χ3n) is 27.4. The number of hydrogen-bond donors (Lipinski definition) is 3. The number of anilines is 3. The standard InChI is InChI=1S/C22H26N6O.C21H23N7O2.C21H23N7O.C21H22N6O.C20H21N7O/c1-14(9-15(2)22-24-11-16(3)25-22)18-10-21(29)28-13-19(23-12-20(28)26-18)17-5-7-27(4)8-6-17;1-25-13-16-10-15(2-3-17(16)24-25)18-11-21(30)28-14-20(22-12-19(28)23-18)27-6-4-26(5-7-27)8-9-29;1-3-26-6-8-27(9-7-26)20-14-28-19(12-22-20)23-18(11-21(28)29)15-4-5-17-16(10-15)13-25(2)24-17;1-13-7-16(11-26-10-14(2)24-21(13)26)17-8-20(28)27-12-18(23-9-19(27)25-17)15-3-5-22-6-4-15;1-24-5-7-26(8-6-24)19-13-27-18(11-21-19)22-17(10-20(27)28)14-3-4-16-15(9-14)12-25(2)23-16/h9-13,17H,1,5-8H2,2-4H3,(H,24,25);2-3,10-14,29H,4-9H2,1H3;4-5,10-14H,3,6-9H2,1-2H3;7-12,15,22H,3-6H2,1-2H3;3-4,9-13H,5-8H2,1-2H3/b15-9-;;;;. The Morgan fingerprint density at radius 3 is 1.26 bits per heavy atom. The second kappa shape index (κ2) is 41.3. The number of piperidine rings is 2. The van der Waals surface area contributed by atoms with Crippen molar-refractivity contribution in [2.45, 2.75) is 72.1 Å². The van der Waals surface area contributed by atoms with E-state index in [1.54, 1.807) is 116 Å². The molecule has 3 N–H and O–H groups in total. The van der Waals surface area contributed by atoms with E-state index < -0.39 is 0 Å². The molecule has 0 aliphatic carbocycles. The molecular weight excluding hydrogens is 1820 g/mol. The summed E-state index contributed by atoms with van der Waals surface area (Å²) in [6, 6.07) is 27.6. The van der Waals surface area contributed by atoms with E-state index in [0.717, 1.165) is 255 Å². The molecule has 16 aromatic heterocycles. The number of pyridine rings is 1. The minimum absolute atomic E-state index is 0.0860. The van der Waals surface area contributed by atoms with E-state index in [1.165, 1.54) is 6.07 Å². The van der Waals surface area contributed by atoms with Crippen LogP contribution in [0.15, 0.2) is 227 Å². The monoisotopic (exact) mass is 1930 g/mol. The molecule has 0 atom stereocenters. The predicted octanol–water partition coefficient (Wildman–Crippen LogP) is 9.47. The molecule has 5 fully saturated rings. The van der Waals surface area contributed by atoms with E-state index in [-0.39, 0.29) is 34.4 Å². The Hall–Kier alpha value is -15.9. The first-order chi connectivity index (χ1) is 69.7. The van der Waals surface area contributed by atoms with Gasteiger partial charge in [-0.2, -0.15) is 15.3 Å². The lowest BCUT2D eigenvalue weighted by atomic mass is 9.94. The van der Waals surface area contributed by atoms with Gasteiger partial charge >= 0.3 is 0 Å². The van der Waals surface area contributed by atoms with Crippen LogP contribution in [0.4, 0.5) is 17.5 Å². The molecule has 0 saturated carbocycles. The first-order valence-electron chi connectivity index (χ1n) is 48.8. The van der Waals surface area contributed by atoms with E-state index in [0.29, 0.717) is 80.7 Å². The number of aromatic nitrogens is 25. The summed E-state index contributed by atoms with van der Waals surface area (Å²) in [5.74, 6) is 3.96. The summed E-state index contributed by atoms with van der Waals surface area (Å²) < 4.78 is 15.2. The summed E-state index contributed by atoms with van der Waals surface area (Å²) in [6.45, 7) is 31.2. The average Bonchev–Trinajstić information content (AvgIpc) is 1.13. The Kier molecular flexibility index (Phi) is 27.4. The van der Waals surface area contributed by atoms with E-state index in [4.69, 9.17) is 10.1 Å². The van der Waals surface area contributed by atoms with Crippen molar-refractivity contribution >= 4 is 95.2 Å². The summed E-state index contributed by atoms with van der Waals surface area (Å²) in [4.78, 5) is 138. The van der Waals surface area contributed by atoms with Crippen molar-refractivity contribution in [1.82, 2.24) is 145 Å². The van der Waals surface area contributed by atoms with Crippen LogP contribution < -0.4 is 47.8 Å². The molecular formula is C105H115N33O6. The summed E-state index contributed by atoms with van der Waals surface area (Å²) >= 11 is 0.